The van der Waals surface area contributed by atoms with Gasteiger partial charge < -0.3 is 11.0 Å². The zero-order valence-electron chi connectivity index (χ0n) is 1.52. The summed E-state index contributed by atoms with van der Waals surface area (Å²) in [6.07, 6.45) is 0. The van der Waals surface area contributed by atoms with Crippen molar-refractivity contribution in [3.05, 3.63) is 0 Å². The zero-order valence-corrected chi connectivity index (χ0v) is 5.00. The van der Waals surface area contributed by atoms with E-state index in [4.69, 9.17) is 0 Å². The summed E-state index contributed by atoms with van der Waals surface area (Å²) in [5.41, 5.74) is 0. The van der Waals surface area contributed by atoms with Gasteiger partial charge in [0.1, 0.15) is 0 Å². The molecule has 4 heteroatoms. The summed E-state index contributed by atoms with van der Waals surface area (Å²) in [4.78, 5) is 0. The van der Waals surface area contributed by atoms with Gasteiger partial charge in [0.05, 0.1) is 0 Å². The first-order valence-electron chi connectivity index (χ1n) is 0. The van der Waals surface area contributed by atoms with E-state index in [2.05, 4.69) is 0 Å². The van der Waals surface area contributed by atoms with E-state index in [1.807, 2.05) is 0 Å². The minimum absolute atomic E-state index is 0. The van der Waals surface area contributed by atoms with Gasteiger partial charge in [0.15, 0.2) is 0 Å². The van der Waals surface area contributed by atoms with Crippen molar-refractivity contribution >= 4 is 0 Å². The molecule has 0 amide bonds. The minimum Gasteiger partial charge on any atom is -2.00 e. The molecule has 0 aliphatic carbocycles. The van der Waals surface area contributed by atoms with Gasteiger partial charge >= 0.3 is 19.5 Å². The molecule has 0 spiro atoms. The van der Waals surface area contributed by atoms with Crippen molar-refractivity contribution < 1.29 is 49.9 Å². The molecule has 0 N–H and O–H groups in total. The maximum atomic E-state index is 0. The molecule has 0 fully saturated rings. The SMILES string of the molecule is [O-2].[O-2].[Ru+4].[Ru]. The summed E-state index contributed by atoms with van der Waals surface area (Å²) in [7, 11) is 0. The summed E-state index contributed by atoms with van der Waals surface area (Å²) in [6.45, 7) is 0. The summed E-state index contributed by atoms with van der Waals surface area (Å²) >= 11 is 0. The predicted octanol–water partition coefficient (Wildman–Crippen LogP) is -0.243. The van der Waals surface area contributed by atoms with E-state index < -0.39 is 0 Å². The standard InChI is InChI=1S/2O.2Ru/q2*-2;;+4. The van der Waals surface area contributed by atoms with Crippen LogP contribution in [0.1, 0.15) is 0 Å². The van der Waals surface area contributed by atoms with Crippen molar-refractivity contribution in [1.29, 1.82) is 0 Å². The molecule has 28 valence electrons. The van der Waals surface area contributed by atoms with Crippen LogP contribution in [0.4, 0.5) is 0 Å². The summed E-state index contributed by atoms with van der Waals surface area (Å²) in [6, 6.07) is 0. The van der Waals surface area contributed by atoms with Crippen LogP contribution in [0.5, 0.6) is 0 Å². The maximum absolute atomic E-state index is 0. The van der Waals surface area contributed by atoms with Crippen LogP contribution >= 0.6 is 0 Å². The molecule has 0 aromatic rings. The fourth-order valence-corrected chi connectivity index (χ4v) is 0. The Kier molecular flexibility index (Phi) is 506. The first kappa shape index (κ1) is 65.9. The quantitative estimate of drug-likeness (QED) is 0.519. The van der Waals surface area contributed by atoms with Crippen molar-refractivity contribution in [3.8, 4) is 0 Å². The number of rotatable bonds is 0. The minimum atomic E-state index is 0. The van der Waals surface area contributed by atoms with E-state index >= 15 is 0 Å². The smallest absolute Gasteiger partial charge is 2.00 e. The monoisotopic (exact) mass is 236 g/mol. The molecule has 0 heterocycles. The van der Waals surface area contributed by atoms with Crippen molar-refractivity contribution in [2.75, 3.05) is 0 Å². The molecule has 0 saturated carbocycles. The van der Waals surface area contributed by atoms with Crippen LogP contribution in [-0.2, 0) is 49.9 Å². The predicted molar refractivity (Wildman–Crippen MR) is 1.37 cm³/mol. The second-order valence-electron chi connectivity index (χ2n) is 0. The van der Waals surface area contributed by atoms with Gasteiger partial charge in [-0.3, -0.25) is 0 Å². The van der Waals surface area contributed by atoms with Gasteiger partial charge in [0.2, 0.25) is 0 Å². The van der Waals surface area contributed by atoms with Crippen molar-refractivity contribution in [2.45, 2.75) is 0 Å². The van der Waals surface area contributed by atoms with Crippen molar-refractivity contribution in [1.82, 2.24) is 0 Å². The van der Waals surface area contributed by atoms with Gasteiger partial charge in [-0.05, 0) is 0 Å². The molecular formula is O2Ru2. The molecule has 0 aromatic carbocycles. The van der Waals surface area contributed by atoms with E-state index in [0.29, 0.717) is 0 Å². The van der Waals surface area contributed by atoms with Gasteiger partial charge in [-0.15, -0.1) is 0 Å². The van der Waals surface area contributed by atoms with Crippen LogP contribution in [0, 0.1) is 0 Å². The Morgan fingerprint density at radius 3 is 0.750 bits per heavy atom. The second-order valence-corrected chi connectivity index (χ2v) is 0. The van der Waals surface area contributed by atoms with Crippen LogP contribution in [-0.4, -0.2) is 0 Å². The zero-order chi connectivity index (χ0) is 0. The van der Waals surface area contributed by atoms with E-state index in [1.165, 1.54) is 0 Å². The Morgan fingerprint density at radius 1 is 0.750 bits per heavy atom. The summed E-state index contributed by atoms with van der Waals surface area (Å²) < 4.78 is 0. The molecule has 4 heavy (non-hydrogen) atoms. The molecule has 0 bridgehead atoms. The van der Waals surface area contributed by atoms with Crippen LogP contribution in [0.15, 0.2) is 0 Å². The molecular weight excluding hydrogens is 234 g/mol. The van der Waals surface area contributed by atoms with E-state index in [-0.39, 0.29) is 49.9 Å². The first-order valence-corrected chi connectivity index (χ1v) is 0. The third kappa shape index (κ3) is 10.9. The summed E-state index contributed by atoms with van der Waals surface area (Å²) in [5, 5.41) is 0. The van der Waals surface area contributed by atoms with Crippen LogP contribution in [0.3, 0.4) is 0 Å². The Labute approximate surface area is 50.1 Å². The van der Waals surface area contributed by atoms with Crippen molar-refractivity contribution in [3.63, 3.8) is 0 Å². The Balaban J connectivity index is 0. The average molecular weight is 234 g/mol. The molecule has 0 aliphatic heterocycles. The molecule has 0 radical (unpaired) electrons. The van der Waals surface area contributed by atoms with E-state index in [1.54, 1.807) is 0 Å². The molecule has 0 aliphatic rings. The summed E-state index contributed by atoms with van der Waals surface area (Å²) in [5.74, 6) is 0. The van der Waals surface area contributed by atoms with Crippen molar-refractivity contribution in [2.24, 2.45) is 0 Å². The molecule has 0 atom stereocenters. The normalized spacial score (nSPS) is 0. The van der Waals surface area contributed by atoms with Crippen LogP contribution < -0.4 is 0 Å². The topological polar surface area (TPSA) is 57.0 Å². The van der Waals surface area contributed by atoms with Gasteiger partial charge in [-0.1, -0.05) is 0 Å². The van der Waals surface area contributed by atoms with E-state index in [0.717, 1.165) is 0 Å². The first-order chi connectivity index (χ1) is 0. The molecule has 0 rings (SSSR count). The third-order valence-electron chi connectivity index (χ3n) is 0. The molecule has 0 unspecified atom stereocenters. The largest absolute Gasteiger partial charge is 4.00 e. The maximum Gasteiger partial charge on any atom is 4.00 e. The Morgan fingerprint density at radius 2 is 0.750 bits per heavy atom. The third-order valence-corrected chi connectivity index (χ3v) is 0. The molecule has 0 saturated heterocycles. The van der Waals surface area contributed by atoms with Gasteiger partial charge in [-0.2, -0.15) is 0 Å². The van der Waals surface area contributed by atoms with E-state index in [9.17, 15) is 0 Å². The molecule has 2 nitrogen and oxygen atoms in total. The van der Waals surface area contributed by atoms with Crippen LogP contribution in [0.25, 0.3) is 0 Å². The number of hydrogen-bond donors (Lipinski definition) is 0. The number of hydrogen-bond acceptors (Lipinski definition) is 0. The van der Waals surface area contributed by atoms with Gasteiger partial charge in [0, 0.05) is 19.5 Å². The van der Waals surface area contributed by atoms with Crippen LogP contribution in [0.2, 0.25) is 0 Å². The second kappa shape index (κ2) is 30.7. The average Bonchev–Trinajstić information content (AvgIpc) is 0. The van der Waals surface area contributed by atoms with Gasteiger partial charge in [-0.25, -0.2) is 0 Å². The Bertz CT molecular complexity index is 4.00. The molecule has 0 aromatic heterocycles. The Hall–Kier alpha value is 1.17. The fourth-order valence-electron chi connectivity index (χ4n) is 0. The fraction of sp³-hybridized carbons (Fsp3) is 0. The van der Waals surface area contributed by atoms with Gasteiger partial charge in [0.25, 0.3) is 0 Å².